The van der Waals surface area contributed by atoms with E-state index in [1.54, 1.807) is 6.92 Å². The maximum Gasteiger partial charge on any atom is 0.333 e. The Morgan fingerprint density at radius 2 is 2.46 bits per heavy atom. The quantitative estimate of drug-likeness (QED) is 0.492. The molecule has 0 N–H and O–H groups in total. The predicted octanol–water partition coefficient (Wildman–Crippen LogP) is 1.67. The van der Waals surface area contributed by atoms with E-state index in [-0.39, 0.29) is 12.1 Å². The van der Waals surface area contributed by atoms with Crippen molar-refractivity contribution in [2.75, 3.05) is 13.2 Å². The fourth-order valence-corrected chi connectivity index (χ4v) is 1.40. The molecule has 0 aromatic rings. The second kappa shape index (κ2) is 5.02. The molecule has 1 saturated heterocycles. The summed E-state index contributed by atoms with van der Waals surface area (Å²) in [5, 5.41) is 0. The van der Waals surface area contributed by atoms with Gasteiger partial charge in [-0.3, -0.25) is 0 Å². The van der Waals surface area contributed by atoms with E-state index in [1.807, 2.05) is 0 Å². The molecule has 1 fully saturated rings. The summed E-state index contributed by atoms with van der Waals surface area (Å²) in [7, 11) is 0. The molecule has 0 spiro atoms. The van der Waals surface area contributed by atoms with Gasteiger partial charge in [0, 0.05) is 18.6 Å². The predicted molar refractivity (Wildman–Crippen MR) is 49.4 cm³/mol. The van der Waals surface area contributed by atoms with Crippen LogP contribution in [-0.4, -0.2) is 25.3 Å². The number of hydrogen-bond donors (Lipinski definition) is 0. The summed E-state index contributed by atoms with van der Waals surface area (Å²) in [6.45, 7) is 6.68. The SMILES string of the molecule is C=C(CC1CCCO1)C(=O)OCC. The van der Waals surface area contributed by atoms with Crippen LogP contribution in [0.2, 0.25) is 0 Å². The first kappa shape index (κ1) is 10.3. The third-order valence-corrected chi connectivity index (χ3v) is 2.06. The van der Waals surface area contributed by atoms with Crippen molar-refractivity contribution < 1.29 is 14.3 Å². The summed E-state index contributed by atoms with van der Waals surface area (Å²) in [5.74, 6) is -0.294. The molecule has 3 heteroatoms. The molecule has 0 amide bonds. The number of carbonyl (C=O) groups is 1. The average Bonchev–Trinajstić information content (AvgIpc) is 2.57. The maximum atomic E-state index is 11.2. The Balaban J connectivity index is 2.27. The van der Waals surface area contributed by atoms with E-state index in [2.05, 4.69) is 6.58 Å². The van der Waals surface area contributed by atoms with E-state index in [1.165, 1.54) is 0 Å². The van der Waals surface area contributed by atoms with Crippen LogP contribution in [0.15, 0.2) is 12.2 Å². The normalized spacial score (nSPS) is 21.5. The van der Waals surface area contributed by atoms with Gasteiger partial charge >= 0.3 is 5.97 Å². The number of esters is 1. The second-order valence-corrected chi connectivity index (χ2v) is 3.16. The van der Waals surface area contributed by atoms with Crippen molar-refractivity contribution in [2.24, 2.45) is 0 Å². The van der Waals surface area contributed by atoms with E-state index in [9.17, 15) is 4.79 Å². The van der Waals surface area contributed by atoms with Crippen LogP contribution in [0.5, 0.6) is 0 Å². The summed E-state index contributed by atoms with van der Waals surface area (Å²) in [6, 6.07) is 0. The smallest absolute Gasteiger partial charge is 0.333 e. The molecular formula is C10H16O3. The summed E-state index contributed by atoms with van der Waals surface area (Å²) in [5.41, 5.74) is 0.522. The summed E-state index contributed by atoms with van der Waals surface area (Å²) >= 11 is 0. The van der Waals surface area contributed by atoms with E-state index in [0.717, 1.165) is 19.4 Å². The van der Waals surface area contributed by atoms with Crippen molar-refractivity contribution in [1.82, 2.24) is 0 Å². The van der Waals surface area contributed by atoms with Crippen molar-refractivity contribution >= 4 is 5.97 Å². The highest BCUT2D eigenvalue weighted by Crippen LogP contribution is 2.19. The lowest BCUT2D eigenvalue weighted by Gasteiger charge is -2.10. The Hall–Kier alpha value is -0.830. The molecule has 13 heavy (non-hydrogen) atoms. The molecule has 1 heterocycles. The Bertz CT molecular complexity index is 192. The molecule has 0 aromatic carbocycles. The van der Waals surface area contributed by atoms with Gasteiger partial charge in [-0.2, -0.15) is 0 Å². The Morgan fingerprint density at radius 1 is 1.69 bits per heavy atom. The van der Waals surface area contributed by atoms with Gasteiger partial charge in [-0.1, -0.05) is 6.58 Å². The Labute approximate surface area is 78.7 Å². The first-order chi connectivity index (χ1) is 6.24. The number of hydrogen-bond acceptors (Lipinski definition) is 3. The Morgan fingerprint density at radius 3 is 3.00 bits per heavy atom. The van der Waals surface area contributed by atoms with Crippen molar-refractivity contribution in [2.45, 2.75) is 32.3 Å². The van der Waals surface area contributed by atoms with E-state index in [4.69, 9.17) is 9.47 Å². The van der Waals surface area contributed by atoms with Crippen LogP contribution in [0.1, 0.15) is 26.2 Å². The first-order valence-corrected chi connectivity index (χ1v) is 4.70. The zero-order valence-electron chi connectivity index (χ0n) is 8.04. The number of ether oxygens (including phenoxy) is 2. The largest absolute Gasteiger partial charge is 0.463 e. The molecular weight excluding hydrogens is 168 g/mol. The molecule has 0 radical (unpaired) electrons. The number of rotatable bonds is 4. The molecule has 74 valence electrons. The topological polar surface area (TPSA) is 35.5 Å². The molecule has 1 aliphatic heterocycles. The van der Waals surface area contributed by atoms with Crippen LogP contribution in [0.3, 0.4) is 0 Å². The van der Waals surface area contributed by atoms with E-state index < -0.39 is 0 Å². The average molecular weight is 184 g/mol. The molecule has 0 aliphatic carbocycles. The van der Waals surface area contributed by atoms with E-state index >= 15 is 0 Å². The summed E-state index contributed by atoms with van der Waals surface area (Å²) in [6.07, 6.45) is 2.90. The fourth-order valence-electron chi connectivity index (χ4n) is 1.40. The fraction of sp³-hybridized carbons (Fsp3) is 0.700. The molecule has 0 bridgehead atoms. The lowest BCUT2D eigenvalue weighted by Crippen LogP contribution is -2.13. The Kier molecular flexibility index (Phi) is 3.96. The standard InChI is InChI=1S/C10H16O3/c1-3-12-10(11)8(2)7-9-5-4-6-13-9/h9H,2-7H2,1H3. The van der Waals surface area contributed by atoms with Crippen LogP contribution in [0.25, 0.3) is 0 Å². The minimum Gasteiger partial charge on any atom is -0.463 e. The molecule has 1 rings (SSSR count). The van der Waals surface area contributed by atoms with Crippen molar-refractivity contribution in [1.29, 1.82) is 0 Å². The van der Waals surface area contributed by atoms with Crippen LogP contribution in [-0.2, 0) is 14.3 Å². The minimum atomic E-state index is -0.294. The zero-order valence-corrected chi connectivity index (χ0v) is 8.04. The number of carbonyl (C=O) groups excluding carboxylic acids is 1. The molecule has 0 saturated carbocycles. The van der Waals surface area contributed by atoms with Crippen LogP contribution < -0.4 is 0 Å². The summed E-state index contributed by atoms with van der Waals surface area (Å²) in [4.78, 5) is 11.2. The highest BCUT2D eigenvalue weighted by molar-refractivity contribution is 5.87. The monoisotopic (exact) mass is 184 g/mol. The highest BCUT2D eigenvalue weighted by Gasteiger charge is 2.19. The van der Waals surface area contributed by atoms with Gasteiger partial charge < -0.3 is 9.47 Å². The van der Waals surface area contributed by atoms with Crippen molar-refractivity contribution in [3.63, 3.8) is 0 Å². The third-order valence-electron chi connectivity index (χ3n) is 2.06. The van der Waals surface area contributed by atoms with Crippen molar-refractivity contribution in [3.8, 4) is 0 Å². The van der Waals surface area contributed by atoms with Gasteiger partial charge in [-0.05, 0) is 19.8 Å². The third kappa shape index (κ3) is 3.19. The molecule has 1 atom stereocenters. The van der Waals surface area contributed by atoms with Crippen molar-refractivity contribution in [3.05, 3.63) is 12.2 Å². The van der Waals surface area contributed by atoms with Gasteiger partial charge in [0.05, 0.1) is 12.7 Å². The lowest BCUT2D eigenvalue weighted by atomic mass is 10.1. The molecule has 1 aliphatic rings. The minimum absolute atomic E-state index is 0.178. The molecule has 0 aromatic heterocycles. The van der Waals surface area contributed by atoms with E-state index in [0.29, 0.717) is 18.6 Å². The first-order valence-electron chi connectivity index (χ1n) is 4.70. The van der Waals surface area contributed by atoms with Gasteiger partial charge in [0.25, 0.3) is 0 Å². The summed E-state index contributed by atoms with van der Waals surface area (Å²) < 4.78 is 10.2. The van der Waals surface area contributed by atoms with Gasteiger partial charge in [-0.15, -0.1) is 0 Å². The molecule has 1 unspecified atom stereocenters. The van der Waals surface area contributed by atoms with Gasteiger partial charge in [-0.25, -0.2) is 4.79 Å². The maximum absolute atomic E-state index is 11.2. The highest BCUT2D eigenvalue weighted by atomic mass is 16.5. The van der Waals surface area contributed by atoms with Crippen LogP contribution in [0, 0.1) is 0 Å². The second-order valence-electron chi connectivity index (χ2n) is 3.16. The van der Waals surface area contributed by atoms with Gasteiger partial charge in [0.15, 0.2) is 0 Å². The van der Waals surface area contributed by atoms with Crippen LogP contribution >= 0.6 is 0 Å². The van der Waals surface area contributed by atoms with Crippen LogP contribution in [0.4, 0.5) is 0 Å². The molecule has 3 nitrogen and oxygen atoms in total. The van der Waals surface area contributed by atoms with Gasteiger partial charge in [0.2, 0.25) is 0 Å². The van der Waals surface area contributed by atoms with Gasteiger partial charge in [0.1, 0.15) is 0 Å². The zero-order chi connectivity index (χ0) is 9.68. The lowest BCUT2D eigenvalue weighted by molar-refractivity contribution is -0.138.